The maximum Gasteiger partial charge on any atom is 0.0145 e. The molecule has 1 aliphatic carbocycles. The minimum Gasteiger partial charge on any atom is -0.316 e. The molecule has 1 N–H and O–H groups in total. The fourth-order valence-corrected chi connectivity index (χ4v) is 2.03. The van der Waals surface area contributed by atoms with Gasteiger partial charge in [0.05, 0.1) is 0 Å². The first-order valence-corrected chi connectivity index (χ1v) is 4.56. The zero-order chi connectivity index (χ0) is 8.55. The van der Waals surface area contributed by atoms with Gasteiger partial charge in [0.2, 0.25) is 0 Å². The Hall–Kier alpha value is -0.820. The first-order valence-electron chi connectivity index (χ1n) is 4.56. The van der Waals surface area contributed by atoms with Crippen LogP contribution in [0.4, 0.5) is 0 Å². The third-order valence-electron chi connectivity index (χ3n) is 2.83. The van der Waals surface area contributed by atoms with Gasteiger partial charge in [0.25, 0.3) is 0 Å². The Balaban J connectivity index is 2.35. The van der Waals surface area contributed by atoms with Gasteiger partial charge in [-0.15, -0.1) is 0 Å². The number of rotatable bonds is 1. The molecule has 0 aliphatic heterocycles. The van der Waals surface area contributed by atoms with Gasteiger partial charge in [-0.2, -0.15) is 0 Å². The van der Waals surface area contributed by atoms with E-state index in [1.165, 1.54) is 24.0 Å². The van der Waals surface area contributed by atoms with Crippen LogP contribution in [0.25, 0.3) is 0 Å². The van der Waals surface area contributed by atoms with E-state index in [-0.39, 0.29) is 0 Å². The summed E-state index contributed by atoms with van der Waals surface area (Å²) in [5, 5.41) is 3.34. The highest BCUT2D eigenvalue weighted by molar-refractivity contribution is 5.39. The molecule has 0 amide bonds. The predicted octanol–water partition coefficient (Wildman–Crippen LogP) is 1.68. The minimum atomic E-state index is 0.668. The molecule has 0 spiro atoms. The van der Waals surface area contributed by atoms with Gasteiger partial charge < -0.3 is 5.32 Å². The van der Waals surface area contributed by atoms with Crippen LogP contribution in [-0.4, -0.2) is 13.1 Å². The number of fused-ring (bicyclic) bond motifs is 1. The summed E-state index contributed by atoms with van der Waals surface area (Å²) in [6, 6.07) is 7.28. The molecule has 1 atom stereocenters. The monoisotopic (exact) mass is 161 g/mol. The van der Waals surface area contributed by atoms with E-state index in [1.54, 1.807) is 5.56 Å². The lowest BCUT2D eigenvalue weighted by Gasteiger charge is -2.05. The molecule has 64 valence electrons. The van der Waals surface area contributed by atoms with E-state index in [2.05, 4.69) is 30.4 Å². The second kappa shape index (κ2) is 2.91. The van der Waals surface area contributed by atoms with Crippen molar-refractivity contribution in [2.75, 3.05) is 7.05 Å². The SMILES string of the molecule is CNC1Cc2cccc(C)c2C1. The number of likely N-dealkylation sites (N-methyl/N-ethyl adjacent to an activating group) is 1. The summed E-state index contributed by atoms with van der Waals surface area (Å²) in [5.74, 6) is 0. The van der Waals surface area contributed by atoms with E-state index in [4.69, 9.17) is 0 Å². The summed E-state index contributed by atoms with van der Waals surface area (Å²) in [6.07, 6.45) is 2.41. The summed E-state index contributed by atoms with van der Waals surface area (Å²) in [6.45, 7) is 2.21. The van der Waals surface area contributed by atoms with E-state index in [0.29, 0.717) is 6.04 Å². The third kappa shape index (κ3) is 1.14. The van der Waals surface area contributed by atoms with Crippen molar-refractivity contribution in [1.82, 2.24) is 5.32 Å². The molecule has 0 saturated heterocycles. The predicted molar refractivity (Wildman–Crippen MR) is 51.4 cm³/mol. The average molecular weight is 161 g/mol. The fourth-order valence-electron chi connectivity index (χ4n) is 2.03. The van der Waals surface area contributed by atoms with E-state index in [9.17, 15) is 0 Å². The molecule has 1 nitrogen and oxygen atoms in total. The highest BCUT2D eigenvalue weighted by Crippen LogP contribution is 2.24. The molecular weight excluding hydrogens is 146 g/mol. The van der Waals surface area contributed by atoms with Gasteiger partial charge in [-0.25, -0.2) is 0 Å². The van der Waals surface area contributed by atoms with Gasteiger partial charge in [-0.3, -0.25) is 0 Å². The number of nitrogens with one attached hydrogen (secondary N) is 1. The Bertz CT molecular complexity index is 291. The summed E-state index contributed by atoms with van der Waals surface area (Å²) >= 11 is 0. The second-order valence-corrected chi connectivity index (χ2v) is 3.61. The lowest BCUT2D eigenvalue weighted by molar-refractivity contribution is 0.593. The normalized spacial score (nSPS) is 21.0. The van der Waals surface area contributed by atoms with Crippen molar-refractivity contribution in [3.63, 3.8) is 0 Å². The standard InChI is InChI=1S/C11H15N/c1-8-4-3-5-9-6-10(12-2)7-11(8)9/h3-5,10,12H,6-7H2,1-2H3. The number of hydrogen-bond acceptors (Lipinski definition) is 1. The van der Waals surface area contributed by atoms with Gasteiger partial charge in [0.15, 0.2) is 0 Å². The molecule has 0 heterocycles. The number of aryl methyl sites for hydroxylation is 1. The quantitative estimate of drug-likeness (QED) is 0.661. The Labute approximate surface area is 73.8 Å². The van der Waals surface area contributed by atoms with Crippen LogP contribution in [0.1, 0.15) is 16.7 Å². The lowest BCUT2D eigenvalue weighted by Crippen LogP contribution is -2.24. The van der Waals surface area contributed by atoms with E-state index in [0.717, 1.165) is 0 Å². The maximum absolute atomic E-state index is 3.34. The first-order chi connectivity index (χ1) is 5.81. The summed E-state index contributed by atoms with van der Waals surface area (Å²) in [7, 11) is 2.05. The second-order valence-electron chi connectivity index (χ2n) is 3.61. The van der Waals surface area contributed by atoms with Gasteiger partial charge >= 0.3 is 0 Å². The van der Waals surface area contributed by atoms with Crippen molar-refractivity contribution in [2.24, 2.45) is 0 Å². The molecule has 0 fully saturated rings. The van der Waals surface area contributed by atoms with Crippen LogP contribution in [0.2, 0.25) is 0 Å². The van der Waals surface area contributed by atoms with Crippen LogP contribution in [0.5, 0.6) is 0 Å². The van der Waals surface area contributed by atoms with Gasteiger partial charge in [-0.05, 0) is 43.5 Å². The molecule has 0 aromatic heterocycles. The van der Waals surface area contributed by atoms with E-state index in [1.807, 2.05) is 7.05 Å². The van der Waals surface area contributed by atoms with Crippen LogP contribution in [0.3, 0.4) is 0 Å². The summed E-state index contributed by atoms with van der Waals surface area (Å²) in [4.78, 5) is 0. The molecule has 0 saturated carbocycles. The smallest absolute Gasteiger partial charge is 0.0145 e. The molecule has 0 bridgehead atoms. The van der Waals surface area contributed by atoms with Crippen molar-refractivity contribution < 1.29 is 0 Å². The largest absolute Gasteiger partial charge is 0.316 e. The summed E-state index contributed by atoms with van der Waals surface area (Å²) < 4.78 is 0. The highest BCUT2D eigenvalue weighted by atomic mass is 14.9. The van der Waals surface area contributed by atoms with Crippen molar-refractivity contribution in [2.45, 2.75) is 25.8 Å². The van der Waals surface area contributed by atoms with E-state index < -0.39 is 0 Å². The van der Waals surface area contributed by atoms with Crippen molar-refractivity contribution >= 4 is 0 Å². The molecular formula is C11H15N. The first kappa shape index (κ1) is 7.81. The Morgan fingerprint density at radius 2 is 2.17 bits per heavy atom. The fraction of sp³-hybridized carbons (Fsp3) is 0.455. The number of benzene rings is 1. The molecule has 1 heteroatoms. The Morgan fingerprint density at radius 1 is 1.33 bits per heavy atom. The Morgan fingerprint density at radius 3 is 2.83 bits per heavy atom. The van der Waals surface area contributed by atoms with Crippen LogP contribution >= 0.6 is 0 Å². The summed E-state index contributed by atoms with van der Waals surface area (Å²) in [5.41, 5.74) is 4.55. The molecule has 1 unspecified atom stereocenters. The molecule has 1 aromatic carbocycles. The average Bonchev–Trinajstić information content (AvgIpc) is 2.49. The van der Waals surface area contributed by atoms with Crippen molar-refractivity contribution in [3.05, 3.63) is 34.9 Å². The number of hydrogen-bond donors (Lipinski definition) is 1. The van der Waals surface area contributed by atoms with Gasteiger partial charge in [0, 0.05) is 6.04 Å². The zero-order valence-electron chi connectivity index (χ0n) is 7.72. The minimum absolute atomic E-state index is 0.668. The molecule has 2 rings (SSSR count). The zero-order valence-corrected chi connectivity index (χ0v) is 7.72. The van der Waals surface area contributed by atoms with Crippen LogP contribution in [0, 0.1) is 6.92 Å². The Kier molecular flexibility index (Phi) is 1.89. The van der Waals surface area contributed by atoms with Crippen LogP contribution < -0.4 is 5.32 Å². The van der Waals surface area contributed by atoms with Crippen molar-refractivity contribution in [3.8, 4) is 0 Å². The van der Waals surface area contributed by atoms with Gasteiger partial charge in [-0.1, -0.05) is 18.2 Å². The van der Waals surface area contributed by atoms with Crippen LogP contribution in [-0.2, 0) is 12.8 Å². The molecule has 1 aliphatic rings. The molecule has 12 heavy (non-hydrogen) atoms. The molecule has 1 aromatic rings. The highest BCUT2D eigenvalue weighted by Gasteiger charge is 2.20. The van der Waals surface area contributed by atoms with Crippen molar-refractivity contribution in [1.29, 1.82) is 0 Å². The molecule has 0 radical (unpaired) electrons. The van der Waals surface area contributed by atoms with Crippen LogP contribution in [0.15, 0.2) is 18.2 Å². The third-order valence-corrected chi connectivity index (χ3v) is 2.83. The lowest BCUT2D eigenvalue weighted by atomic mass is 10.1. The maximum atomic E-state index is 3.34. The van der Waals surface area contributed by atoms with E-state index >= 15 is 0 Å². The van der Waals surface area contributed by atoms with Gasteiger partial charge in [0.1, 0.15) is 0 Å². The topological polar surface area (TPSA) is 12.0 Å².